The number of rotatable bonds is 5. The summed E-state index contributed by atoms with van der Waals surface area (Å²) in [6, 6.07) is 12.4. The molecule has 0 spiro atoms. The van der Waals surface area contributed by atoms with Crippen molar-refractivity contribution in [1.82, 2.24) is 0 Å². The van der Waals surface area contributed by atoms with Crippen LogP contribution < -0.4 is 5.73 Å². The molecule has 0 unspecified atom stereocenters. The average molecular weight is 324 g/mol. The second-order valence-electron chi connectivity index (χ2n) is 4.20. The van der Waals surface area contributed by atoms with Crippen LogP contribution in [0.2, 0.25) is 0 Å². The van der Waals surface area contributed by atoms with Crippen molar-refractivity contribution in [3.05, 3.63) is 69.4 Å². The van der Waals surface area contributed by atoms with E-state index in [2.05, 4.69) is 15.9 Å². The van der Waals surface area contributed by atoms with Crippen LogP contribution in [-0.2, 0) is 24.5 Å². The van der Waals surface area contributed by atoms with Crippen LogP contribution in [0.3, 0.4) is 0 Å². The zero-order valence-electron chi connectivity index (χ0n) is 10.4. The summed E-state index contributed by atoms with van der Waals surface area (Å²) >= 11 is 3.46. The first kappa shape index (κ1) is 14.2. The minimum Gasteiger partial charge on any atom is -0.372 e. The first-order valence-electron chi connectivity index (χ1n) is 5.99. The zero-order chi connectivity index (χ0) is 13.7. The normalized spacial score (nSPS) is 10.7. The molecule has 2 aromatic carbocycles. The maximum absolute atomic E-state index is 13.2. The van der Waals surface area contributed by atoms with Crippen molar-refractivity contribution < 1.29 is 9.13 Å². The van der Waals surface area contributed by atoms with Crippen LogP contribution in [-0.4, -0.2) is 0 Å². The molecule has 0 atom stereocenters. The molecule has 0 amide bonds. The van der Waals surface area contributed by atoms with E-state index in [1.54, 1.807) is 6.07 Å². The molecule has 2 nitrogen and oxygen atoms in total. The van der Waals surface area contributed by atoms with Gasteiger partial charge in [0.25, 0.3) is 0 Å². The third-order valence-corrected chi connectivity index (χ3v) is 3.63. The quantitative estimate of drug-likeness (QED) is 0.909. The number of hydrogen-bond acceptors (Lipinski definition) is 2. The fraction of sp³-hybridized carbons (Fsp3) is 0.200. The van der Waals surface area contributed by atoms with Crippen molar-refractivity contribution in [2.45, 2.75) is 19.8 Å². The van der Waals surface area contributed by atoms with Crippen molar-refractivity contribution in [3.63, 3.8) is 0 Å². The predicted octanol–water partition coefficient (Wildman–Crippen LogP) is 3.76. The topological polar surface area (TPSA) is 35.2 Å². The molecule has 2 rings (SSSR count). The van der Waals surface area contributed by atoms with E-state index in [0.29, 0.717) is 19.8 Å². The largest absolute Gasteiger partial charge is 0.372 e. The van der Waals surface area contributed by atoms with Gasteiger partial charge in [0, 0.05) is 11.0 Å². The molecule has 0 aromatic heterocycles. The molecular weight excluding hydrogens is 309 g/mol. The van der Waals surface area contributed by atoms with Crippen molar-refractivity contribution in [1.29, 1.82) is 0 Å². The van der Waals surface area contributed by atoms with Crippen LogP contribution in [0, 0.1) is 5.82 Å². The molecule has 4 heteroatoms. The van der Waals surface area contributed by atoms with Crippen molar-refractivity contribution in [3.8, 4) is 0 Å². The Hall–Kier alpha value is -1.23. The minimum absolute atomic E-state index is 0.267. The highest BCUT2D eigenvalue weighted by Crippen LogP contribution is 2.18. The van der Waals surface area contributed by atoms with E-state index >= 15 is 0 Å². The Bertz CT molecular complexity index is 560. The first-order valence-corrected chi connectivity index (χ1v) is 6.78. The number of benzene rings is 2. The van der Waals surface area contributed by atoms with Crippen molar-refractivity contribution in [2.24, 2.45) is 5.73 Å². The van der Waals surface area contributed by atoms with Gasteiger partial charge in [-0.25, -0.2) is 4.39 Å². The lowest BCUT2D eigenvalue weighted by Gasteiger charge is -2.10. The Balaban J connectivity index is 2.00. The molecule has 0 radical (unpaired) electrons. The van der Waals surface area contributed by atoms with Crippen molar-refractivity contribution in [2.75, 3.05) is 0 Å². The second-order valence-corrected chi connectivity index (χ2v) is 5.06. The maximum Gasteiger partial charge on any atom is 0.123 e. The van der Waals surface area contributed by atoms with E-state index in [4.69, 9.17) is 10.5 Å². The van der Waals surface area contributed by atoms with Gasteiger partial charge in [-0.1, -0.05) is 40.2 Å². The highest BCUT2D eigenvalue weighted by atomic mass is 79.9. The highest BCUT2D eigenvalue weighted by Gasteiger charge is 2.04. The average Bonchev–Trinajstić information content (AvgIpc) is 2.41. The second kappa shape index (κ2) is 6.80. The summed E-state index contributed by atoms with van der Waals surface area (Å²) in [6.45, 7) is 1.21. The van der Waals surface area contributed by atoms with E-state index in [9.17, 15) is 4.39 Å². The minimum atomic E-state index is -0.267. The Morgan fingerprint density at radius 2 is 1.74 bits per heavy atom. The molecule has 19 heavy (non-hydrogen) atoms. The third-order valence-electron chi connectivity index (χ3n) is 2.86. The summed E-state index contributed by atoms with van der Waals surface area (Å²) in [7, 11) is 0. The molecule has 0 saturated heterocycles. The summed E-state index contributed by atoms with van der Waals surface area (Å²) in [5, 5.41) is 0. The van der Waals surface area contributed by atoms with Gasteiger partial charge in [-0.05, 0) is 34.9 Å². The van der Waals surface area contributed by atoms with Gasteiger partial charge in [-0.3, -0.25) is 0 Å². The molecule has 0 fully saturated rings. The van der Waals surface area contributed by atoms with Gasteiger partial charge in [0.1, 0.15) is 5.82 Å². The van der Waals surface area contributed by atoms with Crippen LogP contribution >= 0.6 is 15.9 Å². The smallest absolute Gasteiger partial charge is 0.123 e. The van der Waals surface area contributed by atoms with Crippen LogP contribution in [0.5, 0.6) is 0 Å². The van der Waals surface area contributed by atoms with Crippen LogP contribution in [0.4, 0.5) is 4.39 Å². The van der Waals surface area contributed by atoms with Crippen LogP contribution in [0.15, 0.2) is 46.9 Å². The summed E-state index contributed by atoms with van der Waals surface area (Å²) in [5.41, 5.74) is 8.40. The lowest BCUT2D eigenvalue weighted by molar-refractivity contribution is 0.106. The van der Waals surface area contributed by atoms with Crippen molar-refractivity contribution >= 4 is 15.9 Å². The van der Waals surface area contributed by atoms with Gasteiger partial charge in [0.2, 0.25) is 0 Å². The van der Waals surface area contributed by atoms with Gasteiger partial charge in [-0.15, -0.1) is 0 Å². The lowest BCUT2D eigenvalue weighted by atomic mass is 10.1. The fourth-order valence-electron chi connectivity index (χ4n) is 1.81. The lowest BCUT2D eigenvalue weighted by Crippen LogP contribution is -2.04. The molecule has 2 N–H and O–H groups in total. The molecule has 0 aliphatic carbocycles. The number of halogens is 2. The predicted molar refractivity (Wildman–Crippen MR) is 76.9 cm³/mol. The Morgan fingerprint density at radius 3 is 2.47 bits per heavy atom. The number of hydrogen-bond donors (Lipinski definition) is 1. The van der Waals surface area contributed by atoms with E-state index in [1.807, 2.05) is 24.3 Å². The van der Waals surface area contributed by atoms with Crippen LogP contribution in [0.1, 0.15) is 16.7 Å². The molecule has 0 saturated carbocycles. The standard InChI is InChI=1S/C15H15BrFNO/c16-15-4-2-1-3-12(15)9-19-10-13-7-14(17)6-5-11(13)8-18/h1-7H,8-10,18H2. The highest BCUT2D eigenvalue weighted by molar-refractivity contribution is 9.10. The molecule has 0 heterocycles. The summed E-state index contributed by atoms with van der Waals surface area (Å²) in [5.74, 6) is -0.267. The van der Waals surface area contributed by atoms with E-state index < -0.39 is 0 Å². The Morgan fingerprint density at radius 1 is 1.00 bits per heavy atom. The molecule has 100 valence electrons. The van der Waals surface area contributed by atoms with Crippen LogP contribution in [0.25, 0.3) is 0 Å². The third kappa shape index (κ3) is 3.86. The molecule has 0 aliphatic rings. The summed E-state index contributed by atoms with van der Waals surface area (Å²) < 4.78 is 19.8. The van der Waals surface area contributed by atoms with Gasteiger partial charge in [-0.2, -0.15) is 0 Å². The van der Waals surface area contributed by atoms with E-state index in [0.717, 1.165) is 21.2 Å². The summed E-state index contributed by atoms with van der Waals surface area (Å²) in [6.07, 6.45) is 0. The van der Waals surface area contributed by atoms with Gasteiger partial charge in [0.15, 0.2) is 0 Å². The van der Waals surface area contributed by atoms with Gasteiger partial charge >= 0.3 is 0 Å². The fourth-order valence-corrected chi connectivity index (χ4v) is 2.21. The van der Waals surface area contributed by atoms with Gasteiger partial charge in [0.05, 0.1) is 13.2 Å². The molecule has 0 bridgehead atoms. The Kier molecular flexibility index (Phi) is 5.07. The molecule has 2 aromatic rings. The zero-order valence-corrected chi connectivity index (χ0v) is 12.0. The van der Waals surface area contributed by atoms with E-state index in [1.165, 1.54) is 12.1 Å². The van der Waals surface area contributed by atoms with E-state index in [-0.39, 0.29) is 5.82 Å². The molecular formula is C15H15BrFNO. The maximum atomic E-state index is 13.2. The van der Waals surface area contributed by atoms with Gasteiger partial charge < -0.3 is 10.5 Å². The summed E-state index contributed by atoms with van der Waals surface area (Å²) in [4.78, 5) is 0. The Labute approximate surface area is 120 Å². The molecule has 0 aliphatic heterocycles. The monoisotopic (exact) mass is 323 g/mol. The number of nitrogens with two attached hydrogens (primary N) is 1. The SMILES string of the molecule is NCc1ccc(F)cc1COCc1ccccc1Br. The first-order chi connectivity index (χ1) is 9.20. The number of ether oxygens (including phenoxy) is 1.